The Labute approximate surface area is 220 Å². The van der Waals surface area contributed by atoms with Crippen molar-refractivity contribution in [1.82, 2.24) is 10.6 Å². The second-order valence-corrected chi connectivity index (χ2v) is 14.2. The van der Waals surface area contributed by atoms with E-state index >= 15 is 0 Å². The van der Waals surface area contributed by atoms with Crippen LogP contribution in [0.4, 0.5) is 0 Å². The van der Waals surface area contributed by atoms with Crippen molar-refractivity contribution in [2.24, 2.45) is 44.9 Å². The van der Waals surface area contributed by atoms with Gasteiger partial charge < -0.3 is 10.6 Å². The molecule has 4 heteroatoms. The summed E-state index contributed by atoms with van der Waals surface area (Å²) in [6, 6.07) is 0.495. The number of nitrogens with one attached hydrogen (secondary N) is 2. The molecule has 4 aliphatic carbocycles. The molecular weight excluding hydrogens is 442 g/mol. The van der Waals surface area contributed by atoms with E-state index in [9.17, 15) is 4.79 Å². The Hall–Kier alpha value is -1.42. The Kier molecular flexibility index (Phi) is 7.07. The summed E-state index contributed by atoms with van der Waals surface area (Å²) in [5, 5.41) is 6.72. The average molecular weight is 494 g/mol. The van der Waals surface area contributed by atoms with Gasteiger partial charge in [0.25, 0.3) is 0 Å². The molecule has 5 rings (SSSR count). The maximum Gasteiger partial charge on any atom is 0.241 e. The van der Waals surface area contributed by atoms with Gasteiger partial charge in [-0.1, -0.05) is 51.5 Å². The average Bonchev–Trinajstić information content (AvgIpc) is 3.36. The smallest absolute Gasteiger partial charge is 0.241 e. The summed E-state index contributed by atoms with van der Waals surface area (Å²) in [5.74, 6) is 3.12. The van der Waals surface area contributed by atoms with Crippen LogP contribution in [0.3, 0.4) is 0 Å². The Morgan fingerprint density at radius 2 is 1.89 bits per heavy atom. The molecule has 1 heterocycles. The zero-order chi connectivity index (χ0) is 25.7. The standard InChI is InChI=1S/C32H51N3O/c1-21-11-14-31(5)23(19-21)7-8-24-26-10-9-25(32(26,6)15-12-27(24)31)22(2)35-20-29(36)34-17-13-28-30(3,4)16-18-33-28/h19,24-28,33H,1,7-18,20H2,2-6H3,(H,34,36). The first-order valence-electron chi connectivity index (χ1n) is 14.9. The third kappa shape index (κ3) is 4.54. The molecule has 2 N–H and O–H groups in total. The molecular formula is C32H51N3O. The quantitative estimate of drug-likeness (QED) is 0.416. The van der Waals surface area contributed by atoms with Crippen LogP contribution in [0.1, 0.15) is 98.8 Å². The van der Waals surface area contributed by atoms with Crippen LogP contribution in [0.2, 0.25) is 0 Å². The van der Waals surface area contributed by atoms with Gasteiger partial charge in [0.2, 0.25) is 5.91 Å². The molecule has 0 aromatic carbocycles. The second kappa shape index (κ2) is 9.71. The molecule has 1 saturated heterocycles. The molecule has 4 nitrogen and oxygen atoms in total. The molecule has 36 heavy (non-hydrogen) atoms. The van der Waals surface area contributed by atoms with Gasteiger partial charge in [-0.05, 0) is 112 Å². The van der Waals surface area contributed by atoms with Gasteiger partial charge in [-0.25, -0.2) is 0 Å². The monoisotopic (exact) mass is 493 g/mol. The molecule has 0 spiro atoms. The van der Waals surface area contributed by atoms with Crippen molar-refractivity contribution in [1.29, 1.82) is 0 Å². The number of carbonyl (C=O) groups excluding carboxylic acids is 1. The van der Waals surface area contributed by atoms with E-state index in [0.717, 1.165) is 37.3 Å². The summed E-state index contributed by atoms with van der Waals surface area (Å²) in [4.78, 5) is 17.5. The second-order valence-electron chi connectivity index (χ2n) is 14.2. The molecule has 4 fully saturated rings. The van der Waals surface area contributed by atoms with Crippen LogP contribution in [0.15, 0.2) is 28.8 Å². The highest BCUT2D eigenvalue weighted by Gasteiger charge is 2.59. The molecule has 0 radical (unpaired) electrons. The summed E-state index contributed by atoms with van der Waals surface area (Å²) < 4.78 is 0. The number of nitrogens with zero attached hydrogens (tertiary/aromatic N) is 1. The fraction of sp³-hybridized carbons (Fsp3) is 0.812. The highest BCUT2D eigenvalue weighted by molar-refractivity contribution is 5.88. The van der Waals surface area contributed by atoms with E-state index < -0.39 is 0 Å². The largest absolute Gasteiger partial charge is 0.354 e. The SMILES string of the molecule is C=C1C=C2CCC3C(CCC4(C)C(C(C)=NCC(=O)NCCC5NCCC5(C)C)CCC34)C2(C)CC1. The van der Waals surface area contributed by atoms with E-state index in [4.69, 9.17) is 4.99 Å². The van der Waals surface area contributed by atoms with E-state index in [1.807, 2.05) is 0 Å². The number of carbonyl (C=O) groups is 1. The normalized spacial score (nSPS) is 41.8. The zero-order valence-electron chi connectivity index (χ0n) is 23.7. The first-order valence-corrected chi connectivity index (χ1v) is 14.9. The number of fused-ring (bicyclic) bond motifs is 5. The molecule has 7 atom stereocenters. The van der Waals surface area contributed by atoms with E-state index in [1.54, 1.807) is 5.57 Å². The zero-order valence-corrected chi connectivity index (χ0v) is 23.7. The summed E-state index contributed by atoms with van der Waals surface area (Å²) in [6.07, 6.45) is 15.0. The van der Waals surface area contributed by atoms with Crippen molar-refractivity contribution < 1.29 is 4.79 Å². The molecule has 7 unspecified atom stereocenters. The number of amides is 1. The lowest BCUT2D eigenvalue weighted by molar-refractivity contribution is -0.119. The summed E-state index contributed by atoms with van der Waals surface area (Å²) in [6.45, 7) is 18.4. The van der Waals surface area contributed by atoms with Gasteiger partial charge in [-0.3, -0.25) is 9.79 Å². The first kappa shape index (κ1) is 26.2. The van der Waals surface area contributed by atoms with Gasteiger partial charge in [0, 0.05) is 24.2 Å². The van der Waals surface area contributed by atoms with Crippen molar-refractivity contribution in [3.8, 4) is 0 Å². The Morgan fingerprint density at radius 3 is 2.64 bits per heavy atom. The van der Waals surface area contributed by atoms with Gasteiger partial charge in [-0.2, -0.15) is 0 Å². The fourth-order valence-electron chi connectivity index (χ4n) is 9.57. The van der Waals surface area contributed by atoms with E-state index in [0.29, 0.717) is 28.2 Å². The van der Waals surface area contributed by atoms with Crippen molar-refractivity contribution in [3.05, 3.63) is 23.8 Å². The molecule has 0 bridgehead atoms. The minimum Gasteiger partial charge on any atom is -0.354 e. The van der Waals surface area contributed by atoms with Crippen molar-refractivity contribution in [2.75, 3.05) is 19.6 Å². The third-order valence-corrected chi connectivity index (χ3v) is 11.9. The molecule has 3 saturated carbocycles. The van der Waals surface area contributed by atoms with Crippen LogP contribution in [0, 0.1) is 39.9 Å². The van der Waals surface area contributed by atoms with Gasteiger partial charge in [0.05, 0.1) is 0 Å². The number of hydrogen-bond acceptors (Lipinski definition) is 3. The lowest BCUT2D eigenvalue weighted by Crippen LogP contribution is -2.50. The third-order valence-electron chi connectivity index (χ3n) is 11.9. The first-order chi connectivity index (χ1) is 17.0. The molecule has 0 aromatic heterocycles. The van der Waals surface area contributed by atoms with Crippen LogP contribution >= 0.6 is 0 Å². The number of aliphatic imine (C=N–C) groups is 1. The molecule has 1 aliphatic heterocycles. The van der Waals surface area contributed by atoms with Gasteiger partial charge >= 0.3 is 0 Å². The van der Waals surface area contributed by atoms with E-state index in [1.165, 1.54) is 69.1 Å². The maximum absolute atomic E-state index is 12.6. The maximum atomic E-state index is 12.6. The summed E-state index contributed by atoms with van der Waals surface area (Å²) in [7, 11) is 0. The van der Waals surface area contributed by atoms with Gasteiger partial charge in [0.15, 0.2) is 0 Å². The number of allylic oxidation sites excluding steroid dienone is 3. The van der Waals surface area contributed by atoms with Gasteiger partial charge in [-0.15, -0.1) is 0 Å². The predicted molar refractivity (Wildman–Crippen MR) is 150 cm³/mol. The molecule has 1 amide bonds. The lowest BCUT2D eigenvalue weighted by Gasteiger charge is -2.58. The van der Waals surface area contributed by atoms with Crippen LogP contribution in [0.5, 0.6) is 0 Å². The lowest BCUT2D eigenvalue weighted by atomic mass is 9.46. The minimum absolute atomic E-state index is 0.0759. The number of rotatable bonds is 6. The molecule has 0 aromatic rings. The molecule has 5 aliphatic rings. The summed E-state index contributed by atoms with van der Waals surface area (Å²) >= 11 is 0. The highest BCUT2D eigenvalue weighted by Crippen LogP contribution is 2.67. The predicted octanol–water partition coefficient (Wildman–Crippen LogP) is 6.48. The molecule has 200 valence electrons. The van der Waals surface area contributed by atoms with Crippen LogP contribution in [-0.4, -0.2) is 37.3 Å². The Morgan fingerprint density at radius 1 is 1.08 bits per heavy atom. The highest BCUT2D eigenvalue weighted by atomic mass is 16.1. The minimum atomic E-state index is 0.0759. The fourth-order valence-corrected chi connectivity index (χ4v) is 9.57. The van der Waals surface area contributed by atoms with Gasteiger partial charge in [0.1, 0.15) is 6.54 Å². The topological polar surface area (TPSA) is 53.5 Å². The van der Waals surface area contributed by atoms with E-state index in [-0.39, 0.29) is 12.5 Å². The van der Waals surface area contributed by atoms with E-state index in [2.05, 4.69) is 57.9 Å². The Bertz CT molecular complexity index is 947. The van der Waals surface area contributed by atoms with Crippen LogP contribution in [-0.2, 0) is 4.79 Å². The Balaban J connectivity index is 1.18. The summed E-state index contributed by atoms with van der Waals surface area (Å²) in [5.41, 5.74) is 5.34. The van der Waals surface area contributed by atoms with Crippen molar-refractivity contribution >= 4 is 11.6 Å². The number of hydrogen-bond donors (Lipinski definition) is 2. The van der Waals surface area contributed by atoms with Crippen LogP contribution in [0.25, 0.3) is 0 Å². The van der Waals surface area contributed by atoms with Crippen LogP contribution < -0.4 is 10.6 Å². The van der Waals surface area contributed by atoms with Crippen molar-refractivity contribution in [3.63, 3.8) is 0 Å². The van der Waals surface area contributed by atoms with Crippen molar-refractivity contribution in [2.45, 2.75) is 105 Å².